The van der Waals surface area contributed by atoms with E-state index >= 15 is 0 Å². The van der Waals surface area contributed by atoms with Crippen LogP contribution in [0, 0.1) is 18.6 Å². The molecule has 37 heavy (non-hydrogen) atoms. The number of hydrogen-bond donors (Lipinski definition) is 2. The van der Waals surface area contributed by atoms with Crippen LogP contribution in [-0.4, -0.2) is 55.1 Å². The third-order valence-electron chi connectivity index (χ3n) is 6.85. The second kappa shape index (κ2) is 11.9. The van der Waals surface area contributed by atoms with Crippen molar-refractivity contribution in [1.29, 1.82) is 0 Å². The quantitative estimate of drug-likeness (QED) is 0.360. The molecule has 0 radical (unpaired) electrons. The zero-order chi connectivity index (χ0) is 26.5. The minimum absolute atomic E-state index is 0.108. The van der Waals surface area contributed by atoms with E-state index in [1.54, 1.807) is 18.3 Å². The number of carbonyl (C=O) groups is 1. The SMILES string of the molecule is CCN(CC)CCNC(=O)c1ccc(-c2cnc3c(c2C)N(Cc2c(F)ccc(F)c2Cl)CCN3)cc1. The van der Waals surface area contributed by atoms with Crippen LogP contribution in [-0.2, 0) is 6.54 Å². The van der Waals surface area contributed by atoms with Gasteiger partial charge in [0.1, 0.15) is 17.5 Å². The Labute approximate surface area is 221 Å². The van der Waals surface area contributed by atoms with Crippen LogP contribution in [0.25, 0.3) is 11.1 Å². The molecule has 9 heteroatoms. The molecular formula is C28H32ClF2N5O. The summed E-state index contributed by atoms with van der Waals surface area (Å²) in [4.78, 5) is 21.4. The molecule has 6 nitrogen and oxygen atoms in total. The second-order valence-corrected chi connectivity index (χ2v) is 9.40. The van der Waals surface area contributed by atoms with Gasteiger partial charge in [0.25, 0.3) is 5.91 Å². The summed E-state index contributed by atoms with van der Waals surface area (Å²) >= 11 is 6.11. The maximum atomic E-state index is 14.5. The van der Waals surface area contributed by atoms with Crippen molar-refractivity contribution in [2.24, 2.45) is 0 Å². The zero-order valence-corrected chi connectivity index (χ0v) is 22.1. The molecule has 196 valence electrons. The number of nitrogens with zero attached hydrogens (tertiary/aromatic N) is 3. The fraction of sp³-hybridized carbons (Fsp3) is 0.357. The molecular weight excluding hydrogens is 496 g/mol. The van der Waals surface area contributed by atoms with Crippen molar-refractivity contribution in [3.05, 3.63) is 75.9 Å². The van der Waals surface area contributed by atoms with Crippen molar-refractivity contribution < 1.29 is 13.6 Å². The number of amides is 1. The molecule has 2 N–H and O–H groups in total. The summed E-state index contributed by atoms with van der Waals surface area (Å²) in [6.45, 7) is 10.8. The van der Waals surface area contributed by atoms with E-state index in [1.165, 1.54) is 0 Å². The van der Waals surface area contributed by atoms with E-state index in [0.29, 0.717) is 31.0 Å². The van der Waals surface area contributed by atoms with Gasteiger partial charge in [-0.2, -0.15) is 0 Å². The van der Waals surface area contributed by atoms with Crippen LogP contribution in [0.5, 0.6) is 0 Å². The number of nitrogens with one attached hydrogen (secondary N) is 2. The van der Waals surface area contributed by atoms with Crippen LogP contribution >= 0.6 is 11.6 Å². The highest BCUT2D eigenvalue weighted by molar-refractivity contribution is 6.31. The molecule has 2 heterocycles. The first-order valence-corrected chi connectivity index (χ1v) is 12.9. The lowest BCUT2D eigenvalue weighted by Gasteiger charge is -2.34. The fourth-order valence-corrected chi connectivity index (χ4v) is 4.87. The minimum Gasteiger partial charge on any atom is -0.367 e. The van der Waals surface area contributed by atoms with Crippen LogP contribution < -0.4 is 15.5 Å². The highest BCUT2D eigenvalue weighted by Gasteiger charge is 2.25. The molecule has 3 aromatic rings. The molecule has 0 fully saturated rings. The van der Waals surface area contributed by atoms with Crippen LogP contribution in [0.15, 0.2) is 42.6 Å². The van der Waals surface area contributed by atoms with Gasteiger partial charge >= 0.3 is 0 Å². The van der Waals surface area contributed by atoms with E-state index < -0.39 is 11.6 Å². The van der Waals surface area contributed by atoms with Gasteiger partial charge in [-0.3, -0.25) is 4.79 Å². The van der Waals surface area contributed by atoms with E-state index in [2.05, 4.69) is 34.4 Å². The number of benzene rings is 2. The predicted molar refractivity (Wildman–Crippen MR) is 145 cm³/mol. The van der Waals surface area contributed by atoms with Gasteiger partial charge in [-0.15, -0.1) is 0 Å². The third kappa shape index (κ3) is 5.86. The maximum Gasteiger partial charge on any atom is 0.251 e. The van der Waals surface area contributed by atoms with E-state index in [-0.39, 0.29) is 23.0 Å². The van der Waals surface area contributed by atoms with E-state index in [9.17, 15) is 13.6 Å². The predicted octanol–water partition coefficient (Wildman–Crippen LogP) is 5.49. The van der Waals surface area contributed by atoms with Crippen molar-refractivity contribution >= 4 is 29.0 Å². The van der Waals surface area contributed by atoms with Gasteiger partial charge in [0.2, 0.25) is 0 Å². The molecule has 0 aliphatic carbocycles. The molecule has 1 aromatic heterocycles. The summed E-state index contributed by atoms with van der Waals surface area (Å²) in [6.07, 6.45) is 1.79. The second-order valence-electron chi connectivity index (χ2n) is 9.02. The fourth-order valence-electron chi connectivity index (χ4n) is 4.65. The van der Waals surface area contributed by atoms with Gasteiger partial charge in [-0.05, 0) is 55.4 Å². The molecule has 4 rings (SSSR count). The molecule has 0 unspecified atom stereocenters. The number of aromatic nitrogens is 1. The number of rotatable bonds is 9. The normalized spacial score (nSPS) is 12.9. The Hall–Kier alpha value is -3.23. The monoisotopic (exact) mass is 527 g/mol. The third-order valence-corrected chi connectivity index (χ3v) is 7.26. The lowest BCUT2D eigenvalue weighted by molar-refractivity contribution is 0.0949. The first kappa shape index (κ1) is 26.8. The number of halogens is 3. The Morgan fingerprint density at radius 2 is 1.84 bits per heavy atom. The van der Waals surface area contributed by atoms with Crippen molar-refractivity contribution in [2.75, 3.05) is 49.5 Å². The Kier molecular flexibility index (Phi) is 8.61. The molecule has 0 saturated carbocycles. The smallest absolute Gasteiger partial charge is 0.251 e. The lowest BCUT2D eigenvalue weighted by Crippen LogP contribution is -2.35. The molecule has 1 amide bonds. The Morgan fingerprint density at radius 1 is 1.14 bits per heavy atom. The van der Waals surface area contributed by atoms with Crippen molar-refractivity contribution in [2.45, 2.75) is 27.3 Å². The number of carbonyl (C=O) groups excluding carboxylic acids is 1. The average molecular weight is 528 g/mol. The van der Waals surface area contributed by atoms with Crippen LogP contribution in [0.4, 0.5) is 20.3 Å². The molecule has 0 bridgehead atoms. The standard InChI is InChI=1S/C28H32ClF2N5O/c1-4-35(5-2)14-12-33-28(37)20-8-6-19(7-9-20)21-16-34-27-26(18(21)3)36(15-13-32-27)17-22-23(30)10-11-24(31)25(22)29/h6-11,16H,4-5,12-15,17H2,1-3H3,(H,32,34)(H,33,37). The summed E-state index contributed by atoms with van der Waals surface area (Å²) in [5.41, 5.74) is 4.28. The van der Waals surface area contributed by atoms with Crippen molar-refractivity contribution in [3.63, 3.8) is 0 Å². The van der Waals surface area contributed by atoms with E-state index in [1.807, 2.05) is 24.0 Å². The van der Waals surface area contributed by atoms with Gasteiger partial charge in [0.15, 0.2) is 0 Å². The van der Waals surface area contributed by atoms with Gasteiger partial charge in [0, 0.05) is 55.6 Å². The summed E-state index contributed by atoms with van der Waals surface area (Å²) in [5, 5.41) is 6.06. The number of anilines is 2. The van der Waals surface area contributed by atoms with Gasteiger partial charge in [0.05, 0.1) is 10.7 Å². The lowest BCUT2D eigenvalue weighted by atomic mass is 9.98. The van der Waals surface area contributed by atoms with Crippen LogP contribution in [0.3, 0.4) is 0 Å². The summed E-state index contributed by atoms with van der Waals surface area (Å²) < 4.78 is 28.5. The minimum atomic E-state index is -0.644. The maximum absolute atomic E-state index is 14.5. The summed E-state index contributed by atoms with van der Waals surface area (Å²) in [7, 11) is 0. The summed E-state index contributed by atoms with van der Waals surface area (Å²) in [6, 6.07) is 9.55. The number of hydrogen-bond acceptors (Lipinski definition) is 5. The van der Waals surface area contributed by atoms with Crippen molar-refractivity contribution in [3.8, 4) is 11.1 Å². The van der Waals surface area contributed by atoms with E-state index in [0.717, 1.165) is 54.1 Å². The Balaban J connectivity index is 1.55. The van der Waals surface area contributed by atoms with Gasteiger partial charge in [-0.25, -0.2) is 13.8 Å². The largest absolute Gasteiger partial charge is 0.367 e. The van der Waals surface area contributed by atoms with Crippen LogP contribution in [0.1, 0.15) is 35.3 Å². The van der Waals surface area contributed by atoms with Gasteiger partial charge in [-0.1, -0.05) is 37.6 Å². The van der Waals surface area contributed by atoms with Crippen molar-refractivity contribution in [1.82, 2.24) is 15.2 Å². The first-order chi connectivity index (χ1) is 17.8. The molecule has 0 spiro atoms. The Bertz CT molecular complexity index is 1260. The molecule has 0 atom stereocenters. The Morgan fingerprint density at radius 3 is 2.54 bits per heavy atom. The molecule has 1 aliphatic heterocycles. The molecule has 0 saturated heterocycles. The van der Waals surface area contributed by atoms with Gasteiger partial charge < -0.3 is 20.4 Å². The topological polar surface area (TPSA) is 60.5 Å². The average Bonchev–Trinajstić information content (AvgIpc) is 2.91. The van der Waals surface area contributed by atoms with Crippen LogP contribution in [0.2, 0.25) is 5.02 Å². The first-order valence-electron chi connectivity index (χ1n) is 12.6. The number of pyridine rings is 1. The number of likely N-dealkylation sites (N-methyl/N-ethyl adjacent to an activating group) is 1. The molecule has 1 aliphatic rings. The van der Waals surface area contributed by atoms with E-state index in [4.69, 9.17) is 11.6 Å². The number of fused-ring (bicyclic) bond motifs is 1. The summed E-state index contributed by atoms with van der Waals surface area (Å²) in [5.74, 6) is -0.610. The molecule has 2 aromatic carbocycles. The highest BCUT2D eigenvalue weighted by Crippen LogP contribution is 2.38. The highest BCUT2D eigenvalue weighted by atomic mass is 35.5. The zero-order valence-electron chi connectivity index (χ0n) is 21.4.